The van der Waals surface area contributed by atoms with Crippen LogP contribution in [-0.2, 0) is 0 Å². The minimum atomic E-state index is 0.497. The van der Waals surface area contributed by atoms with Crippen LogP contribution in [0.1, 0.15) is 24.8 Å². The zero-order valence-electron chi connectivity index (χ0n) is 13.6. The van der Waals surface area contributed by atoms with Crippen LogP contribution in [0.4, 0.5) is 5.69 Å². The van der Waals surface area contributed by atoms with Gasteiger partial charge in [-0.2, -0.15) is 0 Å². The van der Waals surface area contributed by atoms with Crippen LogP contribution in [0.3, 0.4) is 0 Å². The SMILES string of the molecule is COc1ccc(C(C)CCNc2cccc3cccnc23)cc1. The van der Waals surface area contributed by atoms with Gasteiger partial charge in [0.1, 0.15) is 5.75 Å². The molecule has 1 atom stereocenters. The van der Waals surface area contributed by atoms with Crippen molar-refractivity contribution < 1.29 is 4.74 Å². The van der Waals surface area contributed by atoms with Crippen LogP contribution < -0.4 is 10.1 Å². The molecule has 0 bridgehead atoms. The molecule has 0 spiro atoms. The molecule has 0 radical (unpaired) electrons. The lowest BCUT2D eigenvalue weighted by atomic mass is 9.98. The third kappa shape index (κ3) is 3.62. The minimum Gasteiger partial charge on any atom is -0.497 e. The maximum Gasteiger partial charge on any atom is 0.118 e. The fourth-order valence-electron chi connectivity index (χ4n) is 2.77. The largest absolute Gasteiger partial charge is 0.497 e. The van der Waals surface area contributed by atoms with Crippen LogP contribution in [0, 0.1) is 0 Å². The number of pyridine rings is 1. The standard InChI is InChI=1S/C20H22N2O/c1-15(16-8-10-18(23-2)11-9-16)12-14-21-19-7-3-5-17-6-4-13-22-20(17)19/h3-11,13,15,21H,12,14H2,1-2H3. The topological polar surface area (TPSA) is 34.1 Å². The zero-order chi connectivity index (χ0) is 16.1. The van der Waals surface area contributed by atoms with Gasteiger partial charge in [0.25, 0.3) is 0 Å². The van der Waals surface area contributed by atoms with Crippen molar-refractivity contribution >= 4 is 16.6 Å². The van der Waals surface area contributed by atoms with E-state index in [2.05, 4.69) is 53.6 Å². The second-order valence-corrected chi connectivity index (χ2v) is 5.77. The van der Waals surface area contributed by atoms with E-state index in [9.17, 15) is 0 Å². The lowest BCUT2D eigenvalue weighted by molar-refractivity contribution is 0.414. The molecule has 3 rings (SSSR count). The van der Waals surface area contributed by atoms with Gasteiger partial charge in [-0.25, -0.2) is 0 Å². The van der Waals surface area contributed by atoms with Gasteiger partial charge in [-0.1, -0.05) is 37.3 Å². The minimum absolute atomic E-state index is 0.497. The molecule has 0 saturated heterocycles. The number of ether oxygens (including phenoxy) is 1. The number of aromatic nitrogens is 1. The first-order chi connectivity index (χ1) is 11.3. The Morgan fingerprint density at radius 3 is 2.61 bits per heavy atom. The fourth-order valence-corrected chi connectivity index (χ4v) is 2.77. The number of rotatable bonds is 6. The number of para-hydroxylation sites is 1. The fraction of sp³-hybridized carbons (Fsp3) is 0.250. The summed E-state index contributed by atoms with van der Waals surface area (Å²) in [5.74, 6) is 1.40. The number of benzene rings is 2. The molecule has 0 aliphatic rings. The van der Waals surface area contributed by atoms with Gasteiger partial charge in [0.2, 0.25) is 0 Å². The predicted molar refractivity (Wildman–Crippen MR) is 96.3 cm³/mol. The van der Waals surface area contributed by atoms with E-state index in [1.165, 1.54) is 10.9 Å². The summed E-state index contributed by atoms with van der Waals surface area (Å²) < 4.78 is 5.21. The van der Waals surface area contributed by atoms with E-state index in [1.54, 1.807) is 7.11 Å². The second-order valence-electron chi connectivity index (χ2n) is 5.77. The number of anilines is 1. The third-order valence-electron chi connectivity index (χ3n) is 4.21. The molecule has 1 aromatic heterocycles. The van der Waals surface area contributed by atoms with Gasteiger partial charge in [0, 0.05) is 18.1 Å². The van der Waals surface area contributed by atoms with Gasteiger partial charge < -0.3 is 10.1 Å². The van der Waals surface area contributed by atoms with E-state index < -0.39 is 0 Å². The molecule has 118 valence electrons. The summed E-state index contributed by atoms with van der Waals surface area (Å²) in [6.45, 7) is 3.17. The first-order valence-corrected chi connectivity index (χ1v) is 7.99. The average molecular weight is 306 g/mol. The molecule has 1 N–H and O–H groups in total. The Bertz CT molecular complexity index is 763. The van der Waals surface area contributed by atoms with Crippen LogP contribution in [0.15, 0.2) is 60.8 Å². The van der Waals surface area contributed by atoms with E-state index in [0.717, 1.165) is 29.9 Å². The van der Waals surface area contributed by atoms with E-state index in [-0.39, 0.29) is 0 Å². The molecule has 0 amide bonds. The van der Waals surface area contributed by atoms with Gasteiger partial charge in [-0.15, -0.1) is 0 Å². The highest BCUT2D eigenvalue weighted by Crippen LogP contribution is 2.24. The highest BCUT2D eigenvalue weighted by Gasteiger charge is 2.06. The Labute approximate surface area is 137 Å². The molecule has 3 nitrogen and oxygen atoms in total. The van der Waals surface area contributed by atoms with Crippen LogP contribution in [0.25, 0.3) is 10.9 Å². The van der Waals surface area contributed by atoms with Gasteiger partial charge in [-0.3, -0.25) is 4.98 Å². The van der Waals surface area contributed by atoms with Crippen molar-refractivity contribution in [3.63, 3.8) is 0 Å². The summed E-state index contributed by atoms with van der Waals surface area (Å²) in [5, 5.41) is 4.69. The van der Waals surface area contributed by atoms with Gasteiger partial charge >= 0.3 is 0 Å². The van der Waals surface area contributed by atoms with Crippen LogP contribution in [-0.4, -0.2) is 18.6 Å². The lowest BCUT2D eigenvalue weighted by Gasteiger charge is -2.14. The molecule has 0 saturated carbocycles. The average Bonchev–Trinajstić information content (AvgIpc) is 2.62. The molecular formula is C20H22N2O. The van der Waals surface area contributed by atoms with Crippen molar-refractivity contribution in [1.29, 1.82) is 0 Å². The summed E-state index contributed by atoms with van der Waals surface area (Å²) in [5.41, 5.74) is 3.47. The van der Waals surface area contributed by atoms with Crippen molar-refractivity contribution in [2.24, 2.45) is 0 Å². The number of methoxy groups -OCH3 is 1. The number of hydrogen-bond acceptors (Lipinski definition) is 3. The number of nitrogens with zero attached hydrogens (tertiary/aromatic N) is 1. The Hall–Kier alpha value is -2.55. The molecule has 1 unspecified atom stereocenters. The van der Waals surface area contributed by atoms with E-state index in [0.29, 0.717) is 5.92 Å². The second kappa shape index (κ2) is 7.14. The highest BCUT2D eigenvalue weighted by molar-refractivity contribution is 5.90. The Morgan fingerprint density at radius 1 is 1.04 bits per heavy atom. The highest BCUT2D eigenvalue weighted by atomic mass is 16.5. The maximum absolute atomic E-state index is 5.21. The summed E-state index contributed by atoms with van der Waals surface area (Å²) in [6, 6.07) is 18.6. The van der Waals surface area contributed by atoms with Crippen LogP contribution in [0.2, 0.25) is 0 Å². The van der Waals surface area contributed by atoms with Gasteiger partial charge in [-0.05, 0) is 42.2 Å². The number of nitrogens with one attached hydrogen (secondary N) is 1. The quantitative estimate of drug-likeness (QED) is 0.707. The van der Waals surface area contributed by atoms with Crippen molar-refractivity contribution in [2.75, 3.05) is 19.0 Å². The summed E-state index contributed by atoms with van der Waals surface area (Å²) in [4.78, 5) is 4.48. The molecule has 0 aliphatic heterocycles. The molecule has 3 heteroatoms. The summed E-state index contributed by atoms with van der Waals surface area (Å²) in [6.07, 6.45) is 2.91. The molecule has 1 heterocycles. The molecule has 0 aliphatic carbocycles. The summed E-state index contributed by atoms with van der Waals surface area (Å²) >= 11 is 0. The third-order valence-corrected chi connectivity index (χ3v) is 4.21. The molecule has 2 aromatic carbocycles. The zero-order valence-corrected chi connectivity index (χ0v) is 13.6. The number of hydrogen-bond donors (Lipinski definition) is 1. The van der Waals surface area contributed by atoms with E-state index >= 15 is 0 Å². The van der Waals surface area contributed by atoms with Crippen molar-refractivity contribution in [2.45, 2.75) is 19.3 Å². The van der Waals surface area contributed by atoms with E-state index in [1.807, 2.05) is 24.4 Å². The van der Waals surface area contributed by atoms with Crippen molar-refractivity contribution in [3.8, 4) is 5.75 Å². The smallest absolute Gasteiger partial charge is 0.118 e. The Kier molecular flexibility index (Phi) is 4.77. The molecule has 0 fully saturated rings. The monoisotopic (exact) mass is 306 g/mol. The first kappa shape index (κ1) is 15.3. The lowest BCUT2D eigenvalue weighted by Crippen LogP contribution is -2.06. The van der Waals surface area contributed by atoms with Crippen molar-refractivity contribution in [3.05, 3.63) is 66.4 Å². The van der Waals surface area contributed by atoms with E-state index in [4.69, 9.17) is 4.74 Å². The summed E-state index contributed by atoms with van der Waals surface area (Å²) in [7, 11) is 1.70. The normalized spacial score (nSPS) is 12.1. The molecule has 3 aromatic rings. The van der Waals surface area contributed by atoms with Crippen molar-refractivity contribution in [1.82, 2.24) is 4.98 Å². The molecule has 23 heavy (non-hydrogen) atoms. The van der Waals surface area contributed by atoms with Crippen LogP contribution >= 0.6 is 0 Å². The first-order valence-electron chi connectivity index (χ1n) is 7.99. The van der Waals surface area contributed by atoms with Gasteiger partial charge in [0.15, 0.2) is 0 Å². The Balaban J connectivity index is 1.61. The Morgan fingerprint density at radius 2 is 1.83 bits per heavy atom. The van der Waals surface area contributed by atoms with Gasteiger partial charge in [0.05, 0.1) is 18.3 Å². The maximum atomic E-state index is 5.21. The predicted octanol–water partition coefficient (Wildman–Crippen LogP) is 4.85. The number of fused-ring (bicyclic) bond motifs is 1. The molecular weight excluding hydrogens is 284 g/mol. The van der Waals surface area contributed by atoms with Crippen LogP contribution in [0.5, 0.6) is 5.75 Å².